The van der Waals surface area contributed by atoms with Crippen molar-refractivity contribution in [1.29, 1.82) is 0 Å². The van der Waals surface area contributed by atoms with Crippen LogP contribution in [0.3, 0.4) is 0 Å². The predicted molar refractivity (Wildman–Crippen MR) is 81.5 cm³/mol. The zero-order valence-electron chi connectivity index (χ0n) is 11.2. The van der Waals surface area contributed by atoms with Gasteiger partial charge in [0.15, 0.2) is 0 Å². The predicted octanol–water partition coefficient (Wildman–Crippen LogP) is 4.67. The van der Waals surface area contributed by atoms with E-state index in [4.69, 9.17) is 44.3 Å². The minimum absolute atomic E-state index is 0.133. The van der Waals surface area contributed by atoms with Gasteiger partial charge in [0.05, 0.1) is 12.7 Å². The number of hydrogen-bond donors (Lipinski definition) is 0. The number of esters is 1. The Labute approximate surface area is 133 Å². The smallest absolute Gasteiger partial charge is 0.333 e. The Hall–Kier alpha value is -0.740. The van der Waals surface area contributed by atoms with Crippen molar-refractivity contribution in [1.82, 2.24) is 0 Å². The standard InChI is InChI=1S/C14H15Cl3O3/c1-8(2)14(18)20-6-9(3)19-7-11-12(16)4-10(15)5-13(11)17/h4-5,9H,1,6-7H2,2-3H3. The minimum Gasteiger partial charge on any atom is -0.460 e. The third-order valence-corrected chi connectivity index (χ3v) is 3.31. The highest BCUT2D eigenvalue weighted by Gasteiger charge is 2.12. The maximum atomic E-state index is 11.2. The van der Waals surface area contributed by atoms with Gasteiger partial charge in [-0.1, -0.05) is 41.4 Å². The third kappa shape index (κ3) is 5.33. The van der Waals surface area contributed by atoms with Crippen molar-refractivity contribution in [2.75, 3.05) is 6.61 Å². The van der Waals surface area contributed by atoms with Crippen LogP contribution in [0.4, 0.5) is 0 Å². The fourth-order valence-corrected chi connectivity index (χ4v) is 2.23. The summed E-state index contributed by atoms with van der Waals surface area (Å²) in [4.78, 5) is 11.2. The SMILES string of the molecule is C=C(C)C(=O)OCC(C)OCc1c(Cl)cc(Cl)cc1Cl. The summed E-state index contributed by atoms with van der Waals surface area (Å²) < 4.78 is 10.5. The summed E-state index contributed by atoms with van der Waals surface area (Å²) in [6.45, 7) is 7.20. The van der Waals surface area contributed by atoms with Gasteiger partial charge in [-0.2, -0.15) is 0 Å². The zero-order valence-corrected chi connectivity index (χ0v) is 13.5. The lowest BCUT2D eigenvalue weighted by Crippen LogP contribution is -2.19. The normalized spacial score (nSPS) is 12.1. The first-order valence-corrected chi connectivity index (χ1v) is 7.02. The van der Waals surface area contributed by atoms with Crippen LogP contribution in [0.15, 0.2) is 24.3 Å². The van der Waals surface area contributed by atoms with Gasteiger partial charge in [-0.15, -0.1) is 0 Å². The molecule has 0 aliphatic carbocycles. The van der Waals surface area contributed by atoms with Gasteiger partial charge in [-0.05, 0) is 26.0 Å². The van der Waals surface area contributed by atoms with Gasteiger partial charge < -0.3 is 9.47 Å². The topological polar surface area (TPSA) is 35.5 Å². The number of rotatable bonds is 6. The van der Waals surface area contributed by atoms with Crippen molar-refractivity contribution in [2.45, 2.75) is 26.6 Å². The van der Waals surface area contributed by atoms with Crippen molar-refractivity contribution in [3.8, 4) is 0 Å². The van der Waals surface area contributed by atoms with E-state index in [2.05, 4.69) is 6.58 Å². The summed E-state index contributed by atoms with van der Waals surface area (Å²) in [6.07, 6.45) is -0.291. The molecule has 0 N–H and O–H groups in total. The van der Waals surface area contributed by atoms with Crippen molar-refractivity contribution in [2.24, 2.45) is 0 Å². The van der Waals surface area contributed by atoms with Crippen molar-refractivity contribution in [3.63, 3.8) is 0 Å². The molecule has 20 heavy (non-hydrogen) atoms. The second-order valence-corrected chi connectivity index (χ2v) is 5.60. The number of carbonyl (C=O) groups excluding carboxylic acids is 1. The lowest BCUT2D eigenvalue weighted by atomic mass is 10.2. The Morgan fingerprint density at radius 2 is 1.85 bits per heavy atom. The van der Waals surface area contributed by atoms with Crippen LogP contribution in [-0.2, 0) is 20.9 Å². The van der Waals surface area contributed by atoms with Crippen LogP contribution < -0.4 is 0 Å². The molecule has 0 fully saturated rings. The van der Waals surface area contributed by atoms with Crippen molar-refractivity contribution >= 4 is 40.8 Å². The molecule has 3 nitrogen and oxygen atoms in total. The second kappa shape index (κ2) is 7.89. The highest BCUT2D eigenvalue weighted by molar-refractivity contribution is 6.39. The summed E-state index contributed by atoms with van der Waals surface area (Å²) in [5, 5.41) is 1.34. The molecule has 0 aliphatic rings. The Morgan fingerprint density at radius 3 is 2.35 bits per heavy atom. The Kier molecular flexibility index (Phi) is 6.83. The molecule has 0 saturated carbocycles. The van der Waals surface area contributed by atoms with E-state index in [1.54, 1.807) is 26.0 Å². The van der Waals surface area contributed by atoms with Crippen LogP contribution in [0, 0.1) is 0 Å². The average molecular weight is 338 g/mol. The lowest BCUT2D eigenvalue weighted by Gasteiger charge is -2.15. The van der Waals surface area contributed by atoms with Gasteiger partial charge in [0.2, 0.25) is 0 Å². The Morgan fingerprint density at radius 1 is 1.30 bits per heavy atom. The van der Waals surface area contributed by atoms with Gasteiger partial charge in [0, 0.05) is 26.2 Å². The number of ether oxygens (including phenoxy) is 2. The van der Waals surface area contributed by atoms with E-state index in [1.165, 1.54) is 0 Å². The maximum absolute atomic E-state index is 11.2. The van der Waals surface area contributed by atoms with Crippen molar-refractivity contribution in [3.05, 3.63) is 44.9 Å². The molecule has 1 aromatic carbocycles. The van der Waals surface area contributed by atoms with Gasteiger partial charge >= 0.3 is 5.97 Å². The quantitative estimate of drug-likeness (QED) is 0.559. The van der Waals surface area contributed by atoms with E-state index < -0.39 is 5.97 Å². The Bertz CT molecular complexity index is 491. The first kappa shape index (κ1) is 17.3. The fourth-order valence-electron chi connectivity index (χ4n) is 1.30. The van der Waals surface area contributed by atoms with Crippen LogP contribution in [0.2, 0.25) is 15.1 Å². The molecule has 0 amide bonds. The maximum Gasteiger partial charge on any atom is 0.333 e. The van der Waals surface area contributed by atoms with Crippen LogP contribution in [-0.4, -0.2) is 18.7 Å². The molecule has 0 aromatic heterocycles. The first-order chi connectivity index (χ1) is 9.31. The van der Waals surface area contributed by atoms with E-state index in [9.17, 15) is 4.79 Å². The molecule has 6 heteroatoms. The molecule has 0 radical (unpaired) electrons. The summed E-state index contributed by atoms with van der Waals surface area (Å²) >= 11 is 17.9. The van der Waals surface area contributed by atoms with Crippen LogP contribution in [0.5, 0.6) is 0 Å². The second-order valence-electron chi connectivity index (χ2n) is 4.35. The summed E-state index contributed by atoms with van der Waals surface area (Å²) in [6, 6.07) is 3.19. The monoisotopic (exact) mass is 336 g/mol. The molecule has 0 saturated heterocycles. The highest BCUT2D eigenvalue weighted by atomic mass is 35.5. The Balaban J connectivity index is 2.51. The average Bonchev–Trinajstić information content (AvgIpc) is 2.34. The largest absolute Gasteiger partial charge is 0.460 e. The van der Waals surface area contributed by atoms with Crippen LogP contribution in [0.1, 0.15) is 19.4 Å². The molecular formula is C14H15Cl3O3. The van der Waals surface area contributed by atoms with Crippen LogP contribution in [0.25, 0.3) is 0 Å². The van der Waals surface area contributed by atoms with Gasteiger partial charge in [0.25, 0.3) is 0 Å². The van der Waals surface area contributed by atoms with Crippen LogP contribution >= 0.6 is 34.8 Å². The lowest BCUT2D eigenvalue weighted by molar-refractivity contribution is -0.143. The number of halogens is 3. The molecule has 1 unspecified atom stereocenters. The van der Waals surface area contributed by atoms with E-state index in [0.717, 1.165) is 0 Å². The van der Waals surface area contributed by atoms with Gasteiger partial charge in [-0.25, -0.2) is 4.79 Å². The van der Waals surface area contributed by atoms with E-state index in [0.29, 0.717) is 26.2 Å². The molecule has 110 valence electrons. The van der Waals surface area contributed by atoms with E-state index >= 15 is 0 Å². The molecule has 0 spiro atoms. The molecule has 0 bridgehead atoms. The van der Waals surface area contributed by atoms with E-state index in [-0.39, 0.29) is 19.3 Å². The molecule has 0 heterocycles. The molecular weight excluding hydrogens is 323 g/mol. The van der Waals surface area contributed by atoms with Gasteiger partial charge in [0.1, 0.15) is 6.61 Å². The third-order valence-electron chi connectivity index (χ3n) is 2.42. The zero-order chi connectivity index (χ0) is 15.3. The molecule has 1 atom stereocenters. The van der Waals surface area contributed by atoms with E-state index in [1.807, 2.05) is 0 Å². The summed E-state index contributed by atoms with van der Waals surface area (Å²) in [5.41, 5.74) is 0.997. The molecule has 1 aromatic rings. The number of carbonyl (C=O) groups is 1. The molecule has 1 rings (SSSR count). The van der Waals surface area contributed by atoms with Crippen molar-refractivity contribution < 1.29 is 14.3 Å². The highest BCUT2D eigenvalue weighted by Crippen LogP contribution is 2.29. The first-order valence-electron chi connectivity index (χ1n) is 5.89. The number of benzene rings is 1. The molecule has 0 aliphatic heterocycles. The fraction of sp³-hybridized carbons (Fsp3) is 0.357. The minimum atomic E-state index is -0.442. The summed E-state index contributed by atoms with van der Waals surface area (Å²) in [7, 11) is 0. The summed E-state index contributed by atoms with van der Waals surface area (Å²) in [5.74, 6) is -0.442. The van der Waals surface area contributed by atoms with Gasteiger partial charge in [-0.3, -0.25) is 0 Å². The number of hydrogen-bond acceptors (Lipinski definition) is 3.